The maximum Gasteiger partial charge on any atom is 0.322 e. The van der Waals surface area contributed by atoms with Gasteiger partial charge in [-0.15, -0.1) is 10.2 Å². The molecule has 0 fully saturated rings. The Hall–Kier alpha value is -2.44. The third-order valence-electron chi connectivity index (χ3n) is 3.04. The maximum absolute atomic E-state index is 13.4. The van der Waals surface area contributed by atoms with Crippen LogP contribution >= 0.6 is 0 Å². The summed E-state index contributed by atoms with van der Waals surface area (Å²) in [6.07, 6.45) is 1.64. The van der Waals surface area contributed by atoms with E-state index in [1.807, 2.05) is 4.57 Å². The number of amides is 2. The second-order valence-corrected chi connectivity index (χ2v) is 4.27. The van der Waals surface area contributed by atoms with Crippen LogP contribution in [0, 0.1) is 5.82 Å². The largest absolute Gasteiger partial charge is 0.322 e. The summed E-state index contributed by atoms with van der Waals surface area (Å²) in [6, 6.07) is 5.75. The summed E-state index contributed by atoms with van der Waals surface area (Å²) >= 11 is 0. The molecule has 0 saturated carbocycles. The number of urea groups is 1. The van der Waals surface area contributed by atoms with E-state index in [0.29, 0.717) is 19.6 Å². The standard InChI is InChI=1S/C12H12FN5O/c13-9-3-1-2-4-10(9)15-12(19)17-5-6-18-8-14-16-11(18)7-17/h1-4,8H,5-7H2,(H,15,19). The molecule has 0 spiro atoms. The second kappa shape index (κ2) is 4.68. The second-order valence-electron chi connectivity index (χ2n) is 4.27. The number of fused-ring (bicyclic) bond motifs is 1. The fraction of sp³-hybridized carbons (Fsp3) is 0.250. The molecule has 1 aromatic heterocycles. The molecule has 1 N–H and O–H groups in total. The Kier molecular flexibility index (Phi) is 2.86. The molecule has 1 aliphatic rings. The molecule has 2 aromatic rings. The molecule has 3 rings (SSSR count). The number of para-hydroxylation sites is 1. The molecular weight excluding hydrogens is 249 g/mol. The minimum atomic E-state index is -0.448. The van der Waals surface area contributed by atoms with Gasteiger partial charge in [-0.05, 0) is 12.1 Å². The Bertz CT molecular complexity index is 612. The van der Waals surface area contributed by atoms with Crippen LogP contribution in [0.15, 0.2) is 30.6 Å². The third kappa shape index (κ3) is 2.26. The number of carbonyl (C=O) groups is 1. The number of carbonyl (C=O) groups excluding carboxylic acids is 1. The van der Waals surface area contributed by atoms with Crippen LogP contribution in [0.25, 0.3) is 0 Å². The maximum atomic E-state index is 13.4. The van der Waals surface area contributed by atoms with Crippen LogP contribution in [0.1, 0.15) is 5.82 Å². The quantitative estimate of drug-likeness (QED) is 0.845. The highest BCUT2D eigenvalue weighted by Gasteiger charge is 2.22. The molecule has 2 heterocycles. The molecule has 0 unspecified atom stereocenters. The molecule has 0 saturated heterocycles. The smallest absolute Gasteiger partial charge is 0.315 e. The molecule has 0 atom stereocenters. The Morgan fingerprint density at radius 1 is 1.32 bits per heavy atom. The Labute approximate surface area is 108 Å². The highest BCUT2D eigenvalue weighted by molar-refractivity contribution is 5.89. The van der Waals surface area contributed by atoms with E-state index in [9.17, 15) is 9.18 Å². The van der Waals surface area contributed by atoms with Gasteiger partial charge in [-0.3, -0.25) is 0 Å². The van der Waals surface area contributed by atoms with Crippen molar-refractivity contribution in [2.24, 2.45) is 0 Å². The monoisotopic (exact) mass is 261 g/mol. The van der Waals surface area contributed by atoms with E-state index in [1.165, 1.54) is 12.1 Å². The van der Waals surface area contributed by atoms with E-state index in [0.717, 1.165) is 5.82 Å². The first-order chi connectivity index (χ1) is 9.24. The zero-order chi connectivity index (χ0) is 13.2. The number of hydrogen-bond acceptors (Lipinski definition) is 3. The van der Waals surface area contributed by atoms with Crippen LogP contribution in [-0.4, -0.2) is 32.2 Å². The fourth-order valence-corrected chi connectivity index (χ4v) is 2.00. The number of halogens is 1. The molecule has 0 radical (unpaired) electrons. The lowest BCUT2D eigenvalue weighted by atomic mass is 10.3. The van der Waals surface area contributed by atoms with Crippen LogP contribution in [0.3, 0.4) is 0 Å². The van der Waals surface area contributed by atoms with Crippen molar-refractivity contribution in [1.82, 2.24) is 19.7 Å². The van der Waals surface area contributed by atoms with Crippen molar-refractivity contribution in [3.8, 4) is 0 Å². The van der Waals surface area contributed by atoms with Crippen molar-refractivity contribution in [3.63, 3.8) is 0 Å². The van der Waals surface area contributed by atoms with Crippen molar-refractivity contribution in [2.45, 2.75) is 13.1 Å². The van der Waals surface area contributed by atoms with Crippen LogP contribution < -0.4 is 5.32 Å². The van der Waals surface area contributed by atoms with Crippen LogP contribution in [0.4, 0.5) is 14.9 Å². The topological polar surface area (TPSA) is 63.1 Å². The molecule has 6 nitrogen and oxygen atoms in total. The van der Waals surface area contributed by atoms with Gasteiger partial charge in [0.25, 0.3) is 0 Å². The fourth-order valence-electron chi connectivity index (χ4n) is 2.00. The van der Waals surface area contributed by atoms with E-state index < -0.39 is 5.82 Å². The average Bonchev–Trinajstić information content (AvgIpc) is 2.88. The minimum absolute atomic E-state index is 0.180. The lowest BCUT2D eigenvalue weighted by Gasteiger charge is -2.27. The number of hydrogen-bond donors (Lipinski definition) is 1. The Morgan fingerprint density at radius 2 is 2.16 bits per heavy atom. The van der Waals surface area contributed by atoms with E-state index in [4.69, 9.17) is 0 Å². The predicted octanol–water partition coefficient (Wildman–Crippen LogP) is 1.46. The normalized spacial score (nSPS) is 14.1. The first kappa shape index (κ1) is 11.6. The summed E-state index contributed by atoms with van der Waals surface area (Å²) in [6.45, 7) is 1.57. The van der Waals surface area contributed by atoms with Crippen LogP contribution in [0.5, 0.6) is 0 Å². The van der Waals surface area contributed by atoms with Crippen molar-refractivity contribution in [1.29, 1.82) is 0 Å². The first-order valence-electron chi connectivity index (χ1n) is 5.91. The van der Waals surface area contributed by atoms with E-state index in [1.54, 1.807) is 23.4 Å². The van der Waals surface area contributed by atoms with Crippen molar-refractivity contribution in [3.05, 3.63) is 42.2 Å². The molecule has 0 bridgehead atoms. The highest BCUT2D eigenvalue weighted by Crippen LogP contribution is 2.15. The molecule has 2 amide bonds. The van der Waals surface area contributed by atoms with E-state index in [2.05, 4.69) is 15.5 Å². The molecule has 98 valence electrons. The van der Waals surface area contributed by atoms with Gasteiger partial charge < -0.3 is 14.8 Å². The van der Waals surface area contributed by atoms with E-state index in [-0.39, 0.29) is 11.7 Å². The Balaban J connectivity index is 1.71. The number of anilines is 1. The minimum Gasteiger partial charge on any atom is -0.315 e. The van der Waals surface area contributed by atoms with Crippen LogP contribution in [0.2, 0.25) is 0 Å². The molecule has 1 aromatic carbocycles. The summed E-state index contributed by atoms with van der Waals surface area (Å²) in [5, 5.41) is 10.3. The number of nitrogens with zero attached hydrogens (tertiary/aromatic N) is 4. The van der Waals surface area contributed by atoms with E-state index >= 15 is 0 Å². The summed E-state index contributed by atoms with van der Waals surface area (Å²) in [7, 11) is 0. The van der Waals surface area contributed by atoms with Gasteiger partial charge in [0, 0.05) is 13.1 Å². The van der Waals surface area contributed by atoms with Gasteiger partial charge >= 0.3 is 6.03 Å². The zero-order valence-electron chi connectivity index (χ0n) is 10.1. The van der Waals surface area contributed by atoms with Gasteiger partial charge in [0.15, 0.2) is 5.82 Å². The lowest BCUT2D eigenvalue weighted by Crippen LogP contribution is -2.40. The molecular formula is C12H12FN5O. The van der Waals surface area contributed by atoms with Gasteiger partial charge in [-0.1, -0.05) is 12.1 Å². The molecule has 1 aliphatic heterocycles. The molecule has 7 heteroatoms. The predicted molar refractivity (Wildman–Crippen MR) is 65.9 cm³/mol. The summed E-state index contributed by atoms with van der Waals surface area (Å²) in [5.41, 5.74) is 0.180. The third-order valence-corrected chi connectivity index (χ3v) is 3.04. The van der Waals surface area contributed by atoms with Gasteiger partial charge in [-0.2, -0.15) is 0 Å². The number of nitrogens with one attached hydrogen (secondary N) is 1. The summed E-state index contributed by atoms with van der Waals surface area (Å²) in [4.78, 5) is 13.6. The van der Waals surface area contributed by atoms with Gasteiger partial charge in [0.2, 0.25) is 0 Å². The highest BCUT2D eigenvalue weighted by atomic mass is 19.1. The van der Waals surface area contributed by atoms with Gasteiger partial charge in [0.1, 0.15) is 12.1 Å². The number of benzene rings is 1. The average molecular weight is 261 g/mol. The lowest BCUT2D eigenvalue weighted by molar-refractivity contribution is 0.195. The molecule has 0 aliphatic carbocycles. The van der Waals surface area contributed by atoms with Crippen molar-refractivity contribution < 1.29 is 9.18 Å². The van der Waals surface area contributed by atoms with Gasteiger partial charge in [0.05, 0.1) is 12.2 Å². The van der Waals surface area contributed by atoms with Crippen molar-refractivity contribution in [2.75, 3.05) is 11.9 Å². The van der Waals surface area contributed by atoms with Crippen LogP contribution in [-0.2, 0) is 13.1 Å². The Morgan fingerprint density at radius 3 is 3.00 bits per heavy atom. The van der Waals surface area contributed by atoms with Crippen molar-refractivity contribution >= 4 is 11.7 Å². The SMILES string of the molecule is O=C(Nc1ccccc1F)N1CCn2cnnc2C1. The first-order valence-corrected chi connectivity index (χ1v) is 5.91. The number of aromatic nitrogens is 3. The number of rotatable bonds is 1. The van der Waals surface area contributed by atoms with Gasteiger partial charge in [-0.25, -0.2) is 9.18 Å². The zero-order valence-corrected chi connectivity index (χ0v) is 10.1. The summed E-state index contributed by atoms with van der Waals surface area (Å²) in [5.74, 6) is 0.283. The summed E-state index contributed by atoms with van der Waals surface area (Å²) < 4.78 is 15.3. The molecule has 19 heavy (non-hydrogen) atoms.